The lowest BCUT2D eigenvalue weighted by Gasteiger charge is -2.13. The second-order valence-corrected chi connectivity index (χ2v) is 43.1. The van der Waals surface area contributed by atoms with Crippen molar-refractivity contribution in [3.63, 3.8) is 0 Å². The molecule has 0 spiro atoms. The van der Waals surface area contributed by atoms with Gasteiger partial charge in [-0.25, -0.2) is 0 Å². The lowest BCUT2D eigenvalue weighted by Crippen LogP contribution is -2.35. The van der Waals surface area contributed by atoms with Crippen LogP contribution in [0.2, 0.25) is 0 Å². The van der Waals surface area contributed by atoms with E-state index in [1.807, 2.05) is 92.4 Å². The number of thiazole rings is 4. The van der Waals surface area contributed by atoms with E-state index >= 15 is 0 Å². The fraction of sp³-hybridized carbons (Fsp3) is 0.167. The summed E-state index contributed by atoms with van der Waals surface area (Å²) in [5, 5.41) is 12.5. The van der Waals surface area contributed by atoms with Crippen molar-refractivity contribution in [2.45, 2.75) is 110 Å². The number of anilines is 4. The predicted octanol–water partition coefficient (Wildman–Crippen LogP) is 31.0. The van der Waals surface area contributed by atoms with Gasteiger partial charge >= 0.3 is 0 Å². The van der Waals surface area contributed by atoms with Crippen molar-refractivity contribution in [2.75, 3.05) is 47.8 Å². The predicted molar refractivity (Wildman–Crippen MR) is 592 cm³/mol. The zero-order chi connectivity index (χ0) is 92.5. The average molecular weight is 1920 g/mol. The number of nitrogens with zero attached hydrogens (tertiary/aromatic N) is 8. The molecule has 0 fully saturated rings. The zero-order valence-corrected chi connectivity index (χ0v) is 84.4. The summed E-state index contributed by atoms with van der Waals surface area (Å²) in [5.41, 5.74) is 20.6. The number of hydrogen-bond acceptors (Lipinski definition) is 12. The molecule has 0 atom stereocenters. The van der Waals surface area contributed by atoms with E-state index in [1.165, 1.54) is 179 Å². The summed E-state index contributed by atoms with van der Waals surface area (Å²) in [4.78, 5) is 14.4. The van der Waals surface area contributed by atoms with Crippen LogP contribution in [0.4, 0.5) is 22.7 Å². The number of allylic oxidation sites excluding steroid dienone is 24. The molecular weight excluding hydrogens is 1810 g/mol. The first-order valence-electron chi connectivity index (χ1n) is 47.1. The van der Waals surface area contributed by atoms with Crippen LogP contribution in [0.3, 0.4) is 0 Å². The molecule has 4 aromatic heterocycles. The average Bonchev–Trinajstić information content (AvgIpc) is 1.62. The molecule has 0 aliphatic carbocycles. The molecule has 0 unspecified atom stereocenters. The Morgan fingerprint density at radius 1 is 0.279 bits per heavy atom. The van der Waals surface area contributed by atoms with Gasteiger partial charge in [-0.3, -0.25) is 0 Å². The SMILES string of the molecule is CN1C(=CC=CC(=CC=Cc2sc3ccccc3[n+]2C)CCc2ccc(CCC(C=CC=C3Sc4ccccc4N3C)=CC=Cc3sc4ccccc4[n+]3CCCCCC[n+]3c(C=CC=C(C=CC=C4Sc5ccccc5N4C)CCc4ccc(CCC(C=CC=C5Sc6c(ccc7ccccc67)N5C)=CC=Cc5sc6ccccc6[n+]5C)cc4)sc4ccccc43)cc2)Sc2ccccc21. The van der Waals surface area contributed by atoms with E-state index < -0.39 is 0 Å². The highest BCUT2D eigenvalue weighted by molar-refractivity contribution is 8.04. The van der Waals surface area contributed by atoms with Crippen molar-refractivity contribution >= 4 is 191 Å². The first-order chi connectivity index (χ1) is 66.9. The van der Waals surface area contributed by atoms with E-state index in [-0.39, 0.29) is 0 Å². The van der Waals surface area contributed by atoms with E-state index in [9.17, 15) is 0 Å². The molecule has 4 aliphatic heterocycles. The third-order valence-corrected chi connectivity index (χ3v) is 35.1. The Morgan fingerprint density at radius 2 is 0.581 bits per heavy atom. The largest absolute Gasteiger partial charge is 0.338 e. The molecule has 676 valence electrons. The van der Waals surface area contributed by atoms with Gasteiger partial charge in [-0.1, -0.05) is 353 Å². The Balaban J connectivity index is 0.503. The summed E-state index contributed by atoms with van der Waals surface area (Å²) in [5.74, 6) is 0. The van der Waals surface area contributed by atoms with Crippen molar-refractivity contribution < 1.29 is 18.3 Å². The van der Waals surface area contributed by atoms with Gasteiger partial charge < -0.3 is 19.6 Å². The highest BCUT2D eigenvalue weighted by Gasteiger charge is 2.28. The number of para-hydroxylation sites is 7. The topological polar surface area (TPSA) is 28.5 Å². The van der Waals surface area contributed by atoms with Crippen molar-refractivity contribution in [1.82, 2.24) is 0 Å². The molecule has 0 amide bonds. The third-order valence-electron chi connectivity index (χ3n) is 25.7. The molecule has 16 heteroatoms. The minimum absolute atomic E-state index is 0.907. The molecule has 0 saturated carbocycles. The Hall–Kier alpha value is -12.3. The molecule has 136 heavy (non-hydrogen) atoms. The third kappa shape index (κ3) is 22.3. The van der Waals surface area contributed by atoms with Crippen LogP contribution in [0.1, 0.15) is 93.7 Å². The van der Waals surface area contributed by atoms with Crippen LogP contribution in [-0.4, -0.2) is 28.2 Å². The molecule has 4 aliphatic rings. The lowest BCUT2D eigenvalue weighted by molar-refractivity contribution is -0.670. The molecule has 8 nitrogen and oxygen atoms in total. The van der Waals surface area contributed by atoms with E-state index in [2.05, 4.69) is 481 Å². The van der Waals surface area contributed by atoms with Gasteiger partial charge in [0.05, 0.1) is 42.9 Å². The summed E-state index contributed by atoms with van der Waals surface area (Å²) in [6.07, 6.45) is 66.8. The van der Waals surface area contributed by atoms with Crippen LogP contribution in [0, 0.1) is 0 Å². The number of hydrogen-bond donors (Lipinski definition) is 0. The highest BCUT2D eigenvalue weighted by atomic mass is 32.2. The molecule has 11 aromatic carbocycles. The standard InChI is InChI=1S/C120H112N8S8/c1-121-97-45-11-18-52-105(97)129-112(121)59-27-35-87(36-28-60-113-122(2)98-46-12-19-53-106(98)130-113)67-71-91-75-79-93(80-76-91)73-69-89(38-30-62-115-124(4)100-48-14-21-55-108(100)132-115)41-33-65-118-127(102-50-16-23-57-110(102)134-118)85-25-7-8-26-86-128-103-51-17-24-58-111(103)135-119(128)66-34-42-90(39-31-63-116-125(5)101-49-15-22-56-109(101)133-116)70-74-94-81-77-92(78-82-94)72-68-88(37-29-61-114-123(3)99-47-13-20-54-107(99)131-114)40-32-64-117-126(6)104-84-83-95-43-9-10-44-96(95)120(104)136-117/h9-24,27-66,75-84H,7-8,25-26,67-74,85-86H2,1-6H3/q+4. The number of thioether (sulfide) groups is 4. The van der Waals surface area contributed by atoms with Crippen molar-refractivity contribution in [3.05, 3.63) is 461 Å². The Bertz CT molecular complexity index is 7390. The molecule has 0 saturated heterocycles. The van der Waals surface area contributed by atoms with Crippen molar-refractivity contribution in [1.29, 1.82) is 0 Å². The van der Waals surface area contributed by atoms with E-state index in [0.717, 1.165) is 90.1 Å². The van der Waals surface area contributed by atoms with Crippen LogP contribution >= 0.6 is 92.4 Å². The Kier molecular flexibility index (Phi) is 30.4. The molecule has 15 aromatic rings. The minimum atomic E-state index is 0.907. The first kappa shape index (κ1) is 92.7. The quantitative estimate of drug-likeness (QED) is 0.0220. The first-order valence-corrected chi connectivity index (χ1v) is 53.6. The summed E-state index contributed by atoms with van der Waals surface area (Å²) >= 11 is 14.8. The van der Waals surface area contributed by atoms with Gasteiger partial charge in [-0.15, -0.1) is 0 Å². The summed E-state index contributed by atoms with van der Waals surface area (Å²) in [6, 6.07) is 93.3. The van der Waals surface area contributed by atoms with Crippen LogP contribution in [0.25, 0.3) is 75.9 Å². The van der Waals surface area contributed by atoms with Gasteiger partial charge in [0.25, 0.3) is 20.0 Å². The molecule has 0 N–H and O–H groups in total. The van der Waals surface area contributed by atoms with E-state index in [1.54, 1.807) is 0 Å². The lowest BCUT2D eigenvalue weighted by atomic mass is 9.99. The smallest absolute Gasteiger partial charge is 0.262 e. The number of unbranched alkanes of at least 4 members (excludes halogenated alkanes) is 3. The zero-order valence-electron chi connectivity index (χ0n) is 77.8. The van der Waals surface area contributed by atoms with Crippen molar-refractivity contribution in [3.8, 4) is 0 Å². The van der Waals surface area contributed by atoms with Gasteiger partial charge in [-0.2, -0.15) is 18.3 Å². The van der Waals surface area contributed by atoms with E-state index in [0.29, 0.717) is 0 Å². The second-order valence-electron chi connectivity index (χ2n) is 34.6. The number of fused-ring (bicyclic) bond motifs is 10. The molecule has 0 radical (unpaired) electrons. The summed E-state index contributed by atoms with van der Waals surface area (Å²) in [7, 11) is 13.0. The van der Waals surface area contributed by atoms with Gasteiger partial charge in [0, 0.05) is 109 Å². The maximum absolute atomic E-state index is 2.57. The molecular formula is C120H112N8S8+4. The summed E-state index contributed by atoms with van der Waals surface area (Å²) < 4.78 is 14.9. The van der Waals surface area contributed by atoms with Crippen LogP contribution < -0.4 is 37.9 Å². The van der Waals surface area contributed by atoms with Gasteiger partial charge in [0.1, 0.15) is 32.9 Å². The summed E-state index contributed by atoms with van der Waals surface area (Å²) in [6.45, 7) is 1.93. The molecule has 8 heterocycles. The normalized spacial score (nSPS) is 15.8. The number of aromatic nitrogens is 4. The number of aryl methyl sites for hydroxylation is 8. The monoisotopic (exact) mass is 1920 g/mol. The minimum Gasteiger partial charge on any atom is -0.338 e. The van der Waals surface area contributed by atoms with E-state index in [4.69, 9.17) is 0 Å². The maximum atomic E-state index is 2.57. The van der Waals surface area contributed by atoms with Crippen LogP contribution in [-0.2, 0) is 52.9 Å². The Labute approximate surface area is 834 Å². The highest BCUT2D eigenvalue weighted by Crippen LogP contribution is 2.50. The maximum Gasteiger partial charge on any atom is 0.262 e. The fourth-order valence-corrected chi connectivity index (χ4v) is 26.6. The number of rotatable bonds is 35. The van der Waals surface area contributed by atoms with Crippen LogP contribution in [0.5, 0.6) is 0 Å². The van der Waals surface area contributed by atoms with Crippen molar-refractivity contribution in [2.24, 2.45) is 14.1 Å². The van der Waals surface area contributed by atoms with Crippen LogP contribution in [0.15, 0.2) is 438 Å². The molecule has 0 bridgehead atoms. The fourth-order valence-electron chi connectivity index (χ4n) is 17.9. The van der Waals surface area contributed by atoms with Gasteiger partial charge in [-0.05, 0) is 211 Å². The van der Waals surface area contributed by atoms with Gasteiger partial charge in [0.2, 0.25) is 22.1 Å². The number of benzene rings is 11. The second kappa shape index (κ2) is 44.7. The van der Waals surface area contributed by atoms with Gasteiger partial charge in [0.15, 0.2) is 13.1 Å². The molecule has 19 rings (SSSR count). The Morgan fingerprint density at radius 3 is 0.949 bits per heavy atom.